The number of halogens is 2. The summed E-state index contributed by atoms with van der Waals surface area (Å²) in [6, 6.07) is 5.92. The summed E-state index contributed by atoms with van der Waals surface area (Å²) in [6.07, 6.45) is 4.18. The summed E-state index contributed by atoms with van der Waals surface area (Å²) in [6.45, 7) is 5.96. The largest absolute Gasteiger partial charge is 0.488 e. The molecule has 1 aromatic carbocycles. The number of piperidine rings is 1. The van der Waals surface area contributed by atoms with Crippen LogP contribution in [0.5, 0.6) is 5.75 Å². The molecule has 27 heavy (non-hydrogen) atoms. The molecular formula is C20H24Cl2N4O. The Labute approximate surface area is 170 Å². The van der Waals surface area contributed by atoms with Gasteiger partial charge in [-0.2, -0.15) is 0 Å². The number of nitrogens with zero attached hydrogens (tertiary/aromatic N) is 3. The highest BCUT2D eigenvalue weighted by molar-refractivity contribution is 6.31. The van der Waals surface area contributed by atoms with Crippen molar-refractivity contribution in [3.05, 3.63) is 40.8 Å². The monoisotopic (exact) mass is 406 g/mol. The lowest BCUT2D eigenvalue weighted by atomic mass is 10.0. The molecule has 0 bridgehead atoms. The summed E-state index contributed by atoms with van der Waals surface area (Å²) in [7, 11) is 1.98. The van der Waals surface area contributed by atoms with E-state index in [2.05, 4.69) is 10.3 Å². The molecule has 144 valence electrons. The van der Waals surface area contributed by atoms with Gasteiger partial charge in [0.1, 0.15) is 23.2 Å². The van der Waals surface area contributed by atoms with Crippen LogP contribution in [0.3, 0.4) is 0 Å². The minimum absolute atomic E-state index is 0. The van der Waals surface area contributed by atoms with Gasteiger partial charge in [0.05, 0.1) is 0 Å². The zero-order valence-electron chi connectivity index (χ0n) is 15.8. The van der Waals surface area contributed by atoms with Crippen LogP contribution in [-0.2, 0) is 7.05 Å². The Morgan fingerprint density at radius 2 is 2.07 bits per heavy atom. The number of rotatable bonds is 3. The molecule has 0 saturated carbocycles. The first-order valence-electron chi connectivity index (χ1n) is 9.00. The molecule has 0 unspecified atom stereocenters. The number of aryl methyl sites for hydroxylation is 3. The van der Waals surface area contributed by atoms with E-state index >= 15 is 0 Å². The van der Waals surface area contributed by atoms with Crippen LogP contribution in [-0.4, -0.2) is 33.7 Å². The predicted octanol–water partition coefficient (Wildman–Crippen LogP) is 4.46. The fourth-order valence-electron chi connectivity index (χ4n) is 3.58. The summed E-state index contributed by atoms with van der Waals surface area (Å²) in [4.78, 5) is 9.22. The molecule has 1 saturated heterocycles. The van der Waals surface area contributed by atoms with Gasteiger partial charge in [0.25, 0.3) is 0 Å². The average Bonchev–Trinajstić information content (AvgIpc) is 2.93. The van der Waals surface area contributed by atoms with Crippen LogP contribution in [0.15, 0.2) is 24.4 Å². The topological polar surface area (TPSA) is 52.0 Å². The van der Waals surface area contributed by atoms with Crippen molar-refractivity contribution in [2.45, 2.75) is 32.8 Å². The maximum Gasteiger partial charge on any atom is 0.160 e. The number of hydrogen-bond donors (Lipinski definition) is 1. The van der Waals surface area contributed by atoms with Crippen LogP contribution in [0.4, 0.5) is 0 Å². The number of hydrogen-bond acceptors (Lipinski definition) is 4. The summed E-state index contributed by atoms with van der Waals surface area (Å²) in [5.41, 5.74) is 4.76. The van der Waals surface area contributed by atoms with Crippen molar-refractivity contribution in [3.8, 4) is 16.9 Å². The molecular weight excluding hydrogens is 383 g/mol. The molecule has 1 aliphatic heterocycles. The first-order valence-corrected chi connectivity index (χ1v) is 9.38. The summed E-state index contributed by atoms with van der Waals surface area (Å²) in [5, 5.41) is 4.11. The highest BCUT2D eigenvalue weighted by atomic mass is 35.5. The molecule has 0 radical (unpaired) electrons. The fourth-order valence-corrected chi connectivity index (χ4v) is 3.85. The molecule has 5 nitrogen and oxygen atoms in total. The second-order valence-electron chi connectivity index (χ2n) is 6.93. The normalized spacial score (nSPS) is 17.0. The van der Waals surface area contributed by atoms with E-state index in [0.717, 1.165) is 65.4 Å². The van der Waals surface area contributed by atoms with Crippen molar-refractivity contribution in [2.24, 2.45) is 7.05 Å². The third-order valence-corrected chi connectivity index (χ3v) is 5.27. The molecule has 1 N–H and O–H groups in total. The van der Waals surface area contributed by atoms with Crippen LogP contribution in [0.2, 0.25) is 5.02 Å². The predicted molar refractivity (Wildman–Crippen MR) is 112 cm³/mol. The number of fused-ring (bicyclic) bond motifs is 1. The lowest BCUT2D eigenvalue weighted by Crippen LogP contribution is -2.37. The minimum atomic E-state index is 0. The van der Waals surface area contributed by atoms with Crippen molar-refractivity contribution >= 4 is 35.2 Å². The first-order chi connectivity index (χ1) is 12.5. The van der Waals surface area contributed by atoms with Gasteiger partial charge in [0.15, 0.2) is 5.65 Å². The lowest BCUT2D eigenvalue weighted by Gasteiger charge is -2.26. The van der Waals surface area contributed by atoms with E-state index in [4.69, 9.17) is 21.3 Å². The third-order valence-electron chi connectivity index (χ3n) is 5.05. The van der Waals surface area contributed by atoms with Crippen LogP contribution in [0.25, 0.3) is 22.3 Å². The SMILES string of the molecule is Cc1cc(Cl)cc(-c2ccnc3c2nc(C)n3C)c1O[C@H]1CCCNC1.Cl. The van der Waals surface area contributed by atoms with Crippen molar-refractivity contribution in [1.29, 1.82) is 0 Å². The summed E-state index contributed by atoms with van der Waals surface area (Å²) >= 11 is 6.39. The standard InChI is InChI=1S/C20H23ClN4O.ClH/c1-12-9-14(21)10-17(19(12)26-15-5-4-7-22-11-15)16-6-8-23-20-18(16)24-13(2)25(20)3;/h6,8-10,15,22H,4-5,7,11H2,1-3H3;1H/t15-;/m0./s1. The Balaban J connectivity index is 0.00000210. The van der Waals surface area contributed by atoms with Crippen LogP contribution >= 0.6 is 24.0 Å². The molecule has 0 aliphatic carbocycles. The van der Waals surface area contributed by atoms with E-state index in [1.54, 1.807) is 0 Å². The number of ether oxygens (including phenoxy) is 1. The third kappa shape index (κ3) is 3.77. The van der Waals surface area contributed by atoms with Gasteiger partial charge >= 0.3 is 0 Å². The van der Waals surface area contributed by atoms with E-state index in [9.17, 15) is 0 Å². The van der Waals surface area contributed by atoms with Crippen molar-refractivity contribution in [3.63, 3.8) is 0 Å². The Bertz CT molecular complexity index is 964. The second kappa shape index (κ2) is 8.05. The second-order valence-corrected chi connectivity index (χ2v) is 7.37. The number of aromatic nitrogens is 3. The van der Waals surface area contributed by atoms with Crippen molar-refractivity contribution < 1.29 is 4.74 Å². The molecule has 7 heteroatoms. The number of imidazole rings is 1. The van der Waals surface area contributed by atoms with Gasteiger partial charge in [-0.15, -0.1) is 12.4 Å². The number of nitrogens with one attached hydrogen (secondary N) is 1. The van der Waals surface area contributed by atoms with E-state index in [1.165, 1.54) is 0 Å². The van der Waals surface area contributed by atoms with Gasteiger partial charge in [-0.25, -0.2) is 9.97 Å². The van der Waals surface area contributed by atoms with Gasteiger partial charge in [-0.05, 0) is 57.0 Å². The Hall–Kier alpha value is -1.82. The van der Waals surface area contributed by atoms with Gasteiger partial charge in [-0.3, -0.25) is 0 Å². The van der Waals surface area contributed by atoms with Crippen LogP contribution < -0.4 is 10.1 Å². The number of benzene rings is 1. The highest BCUT2D eigenvalue weighted by Crippen LogP contribution is 2.39. The first kappa shape index (κ1) is 19.9. The molecule has 0 spiro atoms. The maximum absolute atomic E-state index is 6.44. The maximum atomic E-state index is 6.44. The highest BCUT2D eigenvalue weighted by Gasteiger charge is 2.21. The average molecular weight is 407 g/mol. The molecule has 0 amide bonds. The summed E-state index contributed by atoms with van der Waals surface area (Å²) < 4.78 is 8.44. The van der Waals surface area contributed by atoms with Crippen molar-refractivity contribution in [2.75, 3.05) is 13.1 Å². The molecule has 1 atom stereocenters. The zero-order valence-corrected chi connectivity index (χ0v) is 17.3. The van der Waals surface area contributed by atoms with E-state index < -0.39 is 0 Å². The smallest absolute Gasteiger partial charge is 0.160 e. The van der Waals surface area contributed by atoms with Gasteiger partial charge in [-0.1, -0.05) is 11.6 Å². The Kier molecular flexibility index (Phi) is 5.94. The molecule has 4 rings (SSSR count). The fraction of sp³-hybridized carbons (Fsp3) is 0.400. The molecule has 1 aliphatic rings. The van der Waals surface area contributed by atoms with E-state index in [0.29, 0.717) is 5.02 Å². The number of pyridine rings is 1. The Morgan fingerprint density at radius 3 is 2.81 bits per heavy atom. The minimum Gasteiger partial charge on any atom is -0.488 e. The zero-order chi connectivity index (χ0) is 18.3. The van der Waals surface area contributed by atoms with Crippen LogP contribution in [0, 0.1) is 13.8 Å². The molecule has 3 heterocycles. The van der Waals surface area contributed by atoms with Crippen LogP contribution in [0.1, 0.15) is 24.2 Å². The molecule has 1 fully saturated rings. The van der Waals surface area contributed by atoms with E-state index in [-0.39, 0.29) is 18.5 Å². The van der Waals surface area contributed by atoms with Crippen molar-refractivity contribution in [1.82, 2.24) is 19.9 Å². The molecule has 3 aromatic rings. The van der Waals surface area contributed by atoms with Gasteiger partial charge in [0.2, 0.25) is 0 Å². The Morgan fingerprint density at radius 1 is 1.26 bits per heavy atom. The van der Waals surface area contributed by atoms with E-state index in [1.807, 2.05) is 49.9 Å². The lowest BCUT2D eigenvalue weighted by molar-refractivity contribution is 0.167. The van der Waals surface area contributed by atoms with Gasteiger partial charge in [0, 0.05) is 35.9 Å². The quantitative estimate of drug-likeness (QED) is 0.697. The summed E-state index contributed by atoms with van der Waals surface area (Å²) in [5.74, 6) is 1.82. The van der Waals surface area contributed by atoms with Gasteiger partial charge < -0.3 is 14.6 Å². The molecule has 2 aromatic heterocycles.